The molecule has 0 atom stereocenters. The second kappa shape index (κ2) is 23.2. The highest BCUT2D eigenvalue weighted by Crippen LogP contribution is 2.48. The summed E-state index contributed by atoms with van der Waals surface area (Å²) in [6.07, 6.45) is 21.3. The normalized spacial score (nSPS) is 26.6. The minimum Gasteiger partial charge on any atom is -0.372 e. The Kier molecular flexibility index (Phi) is 17.6. The maximum Gasteiger partial charge on any atom is 0.0404 e. The molecule has 6 aliphatic rings. The lowest BCUT2D eigenvalue weighted by molar-refractivity contribution is 0.169. The number of anilines is 4. The average molecular weight is 921 g/mol. The summed E-state index contributed by atoms with van der Waals surface area (Å²) in [6, 6.07) is 16.1. The molecule has 8 rings (SSSR count). The number of hydrogen-bond donors (Lipinski definition) is 1. The molecule has 2 saturated carbocycles. The largest absolute Gasteiger partial charge is 0.372 e. The third kappa shape index (κ3) is 12.7. The number of benzene rings is 2. The molecule has 7 heteroatoms. The van der Waals surface area contributed by atoms with Crippen LogP contribution in [0.2, 0.25) is 0 Å². The van der Waals surface area contributed by atoms with Crippen molar-refractivity contribution in [2.24, 2.45) is 34.5 Å². The first kappa shape index (κ1) is 50.9. The van der Waals surface area contributed by atoms with E-state index in [0.717, 1.165) is 23.7 Å². The predicted molar refractivity (Wildman–Crippen MR) is 291 cm³/mol. The molecular weight excluding hydrogens is 819 g/mol. The van der Waals surface area contributed by atoms with Gasteiger partial charge in [-0.2, -0.15) is 0 Å². The van der Waals surface area contributed by atoms with Gasteiger partial charge >= 0.3 is 0 Å². The number of piperazine rings is 2. The number of hydrogen-bond acceptors (Lipinski definition) is 7. The molecule has 0 radical (unpaired) electrons. The van der Waals surface area contributed by atoms with E-state index < -0.39 is 0 Å². The molecule has 2 aromatic carbocycles. The van der Waals surface area contributed by atoms with Gasteiger partial charge in [0.05, 0.1) is 0 Å². The molecule has 7 nitrogen and oxygen atoms in total. The van der Waals surface area contributed by atoms with Gasteiger partial charge in [0, 0.05) is 107 Å². The first-order valence-electron chi connectivity index (χ1n) is 28.7. The van der Waals surface area contributed by atoms with Gasteiger partial charge in [0.25, 0.3) is 0 Å². The van der Waals surface area contributed by atoms with Crippen LogP contribution in [0.5, 0.6) is 0 Å². The summed E-state index contributed by atoms with van der Waals surface area (Å²) in [5.74, 6) is 4.59. The van der Waals surface area contributed by atoms with Gasteiger partial charge in [0.2, 0.25) is 0 Å². The minimum atomic E-state index is 0.419. The summed E-state index contributed by atoms with van der Waals surface area (Å²) in [5, 5.41) is 3.94. The zero-order valence-corrected chi connectivity index (χ0v) is 44.9. The summed E-state index contributed by atoms with van der Waals surface area (Å²) >= 11 is 0. The monoisotopic (exact) mass is 920 g/mol. The van der Waals surface area contributed by atoms with E-state index in [0.29, 0.717) is 28.7 Å². The molecule has 1 N–H and O–H groups in total. The zero-order chi connectivity index (χ0) is 47.1. The molecule has 2 aliphatic carbocycles. The molecule has 0 amide bonds. The highest BCUT2D eigenvalue weighted by atomic mass is 15.3. The summed E-state index contributed by atoms with van der Waals surface area (Å²) in [4.78, 5) is 16.5. The van der Waals surface area contributed by atoms with Crippen LogP contribution in [0.25, 0.3) is 0 Å². The van der Waals surface area contributed by atoms with Crippen molar-refractivity contribution in [1.29, 1.82) is 0 Å². The van der Waals surface area contributed by atoms with Crippen molar-refractivity contribution in [1.82, 2.24) is 15.1 Å². The molecule has 4 saturated heterocycles. The van der Waals surface area contributed by atoms with Crippen molar-refractivity contribution in [3.05, 3.63) is 47.5 Å². The summed E-state index contributed by atoms with van der Waals surface area (Å²) in [6.45, 7) is 36.3. The molecule has 0 aromatic heterocycles. The Morgan fingerprint density at radius 3 is 1.13 bits per heavy atom. The fourth-order valence-corrected chi connectivity index (χ4v) is 14.3. The van der Waals surface area contributed by atoms with Crippen LogP contribution in [0.1, 0.15) is 181 Å². The molecule has 6 fully saturated rings. The van der Waals surface area contributed by atoms with Gasteiger partial charge in [-0.1, -0.05) is 68.2 Å². The number of nitrogens with zero attached hydrogens (tertiary/aromatic N) is 6. The van der Waals surface area contributed by atoms with E-state index in [-0.39, 0.29) is 0 Å². The Labute approximate surface area is 412 Å². The van der Waals surface area contributed by atoms with E-state index in [1.165, 1.54) is 206 Å². The number of unbranched alkanes of at least 4 members (excludes halogenated alkanes) is 2. The van der Waals surface area contributed by atoms with Crippen molar-refractivity contribution >= 4 is 22.7 Å². The molecule has 67 heavy (non-hydrogen) atoms. The second-order valence-electron chi connectivity index (χ2n) is 25.1. The van der Waals surface area contributed by atoms with Crippen LogP contribution >= 0.6 is 0 Å². The second-order valence-corrected chi connectivity index (χ2v) is 25.1. The van der Waals surface area contributed by atoms with Crippen molar-refractivity contribution in [2.75, 3.05) is 118 Å². The minimum absolute atomic E-state index is 0.419. The van der Waals surface area contributed by atoms with Crippen LogP contribution in [0.3, 0.4) is 0 Å². The lowest BCUT2D eigenvalue weighted by Gasteiger charge is -2.44. The maximum atomic E-state index is 3.94. The third-order valence-electron chi connectivity index (χ3n) is 19.0. The maximum absolute atomic E-state index is 3.94. The predicted octanol–water partition coefficient (Wildman–Crippen LogP) is 12.9. The first-order chi connectivity index (χ1) is 32.3. The third-order valence-corrected chi connectivity index (χ3v) is 19.0. The number of piperidine rings is 2. The van der Waals surface area contributed by atoms with E-state index in [1.807, 2.05) is 0 Å². The Morgan fingerprint density at radius 2 is 0.821 bits per heavy atom. The SMILES string of the molecule is CCCCN1CCN(c2ccc(N3CCC(C(NC)C4CCN(c5ccc(N6CCN(CCCC)CC6)c(C6CCC(C(C)(C)C)CC6)c5)CC4)CC3)cc2C2CCC(C(C)(C)C)CC2)CC1. The van der Waals surface area contributed by atoms with Crippen LogP contribution in [0.4, 0.5) is 22.7 Å². The van der Waals surface area contributed by atoms with Crippen molar-refractivity contribution in [2.45, 2.75) is 176 Å². The van der Waals surface area contributed by atoms with Gasteiger partial charge in [-0.15, -0.1) is 0 Å². The van der Waals surface area contributed by atoms with E-state index in [1.54, 1.807) is 22.5 Å². The van der Waals surface area contributed by atoms with Gasteiger partial charge < -0.3 is 24.9 Å². The average Bonchev–Trinajstić information content (AvgIpc) is 3.35. The standard InChI is InChI=1S/C60H101N7/c1-10-12-30-62-36-40-66(41-37-62)56-24-22-52(44-54(56)46-14-18-50(19-15-46)59(3,4)5)64-32-26-48(27-33-64)58(61-9)49-28-34-65(35-29-49)53-23-25-57(67-42-38-63(39-43-67)31-13-11-2)55(45-53)47-16-20-51(21-17-47)60(6,7)8/h22-25,44-51,58,61H,10-21,26-43H2,1-9H3. The van der Waals surface area contributed by atoms with Crippen molar-refractivity contribution in [3.63, 3.8) is 0 Å². The number of nitrogens with one attached hydrogen (secondary N) is 1. The van der Waals surface area contributed by atoms with Crippen molar-refractivity contribution < 1.29 is 0 Å². The first-order valence-corrected chi connectivity index (χ1v) is 28.7. The van der Waals surface area contributed by atoms with Crippen LogP contribution in [-0.4, -0.2) is 115 Å². The molecule has 0 spiro atoms. The Morgan fingerprint density at radius 1 is 0.463 bits per heavy atom. The number of rotatable bonds is 15. The van der Waals surface area contributed by atoms with E-state index >= 15 is 0 Å². The van der Waals surface area contributed by atoms with Crippen molar-refractivity contribution in [3.8, 4) is 0 Å². The van der Waals surface area contributed by atoms with E-state index in [9.17, 15) is 0 Å². The highest BCUT2D eigenvalue weighted by molar-refractivity contribution is 5.65. The molecule has 376 valence electrons. The van der Waals surface area contributed by atoms with Crippen LogP contribution in [-0.2, 0) is 0 Å². The fourth-order valence-electron chi connectivity index (χ4n) is 14.3. The van der Waals surface area contributed by atoms with Crippen LogP contribution in [0, 0.1) is 34.5 Å². The summed E-state index contributed by atoms with van der Waals surface area (Å²) in [5.41, 5.74) is 10.3. The smallest absolute Gasteiger partial charge is 0.0404 e. The molecular formula is C60H101N7. The molecule has 2 aromatic rings. The zero-order valence-electron chi connectivity index (χ0n) is 44.9. The van der Waals surface area contributed by atoms with Gasteiger partial charge in [-0.25, -0.2) is 0 Å². The van der Waals surface area contributed by atoms with Gasteiger partial charge in [-0.05, 0) is 204 Å². The fraction of sp³-hybridized carbons (Fsp3) is 0.800. The topological polar surface area (TPSA) is 31.5 Å². The molecule has 4 aliphatic heterocycles. The molecule has 0 bridgehead atoms. The Balaban J connectivity index is 0.894. The van der Waals surface area contributed by atoms with Crippen LogP contribution < -0.4 is 24.9 Å². The van der Waals surface area contributed by atoms with Gasteiger partial charge in [-0.3, -0.25) is 9.80 Å². The Bertz CT molecular complexity index is 1650. The molecule has 0 unspecified atom stereocenters. The Hall–Kier alpha value is -2.48. The van der Waals surface area contributed by atoms with E-state index in [4.69, 9.17) is 0 Å². The summed E-state index contributed by atoms with van der Waals surface area (Å²) < 4.78 is 0. The van der Waals surface area contributed by atoms with Gasteiger partial charge in [0.1, 0.15) is 0 Å². The lowest BCUT2D eigenvalue weighted by Crippen LogP contribution is -2.49. The highest BCUT2D eigenvalue weighted by Gasteiger charge is 2.37. The van der Waals surface area contributed by atoms with Gasteiger partial charge in [0.15, 0.2) is 0 Å². The summed E-state index contributed by atoms with van der Waals surface area (Å²) in [7, 11) is 2.27. The quantitative estimate of drug-likeness (QED) is 0.190. The van der Waals surface area contributed by atoms with Crippen LogP contribution in [0.15, 0.2) is 36.4 Å². The van der Waals surface area contributed by atoms with E-state index in [2.05, 4.69) is 134 Å². The molecule has 4 heterocycles. The lowest BCUT2D eigenvalue weighted by atomic mass is 9.68.